The molecule has 32 heavy (non-hydrogen) atoms. The molecular weight excluding hydrogens is 450 g/mol. The van der Waals surface area contributed by atoms with Gasteiger partial charge in [0.1, 0.15) is 17.6 Å². The number of benzene rings is 2. The minimum Gasteiger partial charge on any atom is -0.466 e. The van der Waals surface area contributed by atoms with Gasteiger partial charge in [0.25, 0.3) is 11.8 Å². The van der Waals surface area contributed by atoms with Crippen LogP contribution in [0.25, 0.3) is 10.8 Å². The average molecular weight is 476 g/mol. The fourth-order valence-electron chi connectivity index (χ4n) is 3.20. The zero-order chi connectivity index (χ0) is 23.3. The lowest BCUT2D eigenvalue weighted by molar-refractivity contribution is -0.123. The van der Waals surface area contributed by atoms with Gasteiger partial charge in [0.05, 0.1) is 10.5 Å². The van der Waals surface area contributed by atoms with E-state index in [0.717, 1.165) is 10.8 Å². The van der Waals surface area contributed by atoms with Crippen molar-refractivity contribution in [3.63, 3.8) is 0 Å². The summed E-state index contributed by atoms with van der Waals surface area (Å²) in [4.78, 5) is 25.1. The van der Waals surface area contributed by atoms with E-state index in [1.54, 1.807) is 32.0 Å². The molecule has 0 bridgehead atoms. The van der Waals surface area contributed by atoms with Crippen molar-refractivity contribution in [1.82, 2.24) is 15.6 Å². The van der Waals surface area contributed by atoms with E-state index in [1.165, 1.54) is 17.8 Å². The molecule has 2 aromatic carbocycles. The van der Waals surface area contributed by atoms with Crippen LogP contribution in [0.4, 0.5) is 0 Å². The number of thioether (sulfide) groups is 1. The summed E-state index contributed by atoms with van der Waals surface area (Å²) in [6, 6.07) is 12.7. The Morgan fingerprint density at radius 1 is 1.03 bits per heavy atom. The van der Waals surface area contributed by atoms with E-state index in [2.05, 4.69) is 15.6 Å². The number of rotatable bonds is 8. The van der Waals surface area contributed by atoms with Crippen molar-refractivity contribution in [1.29, 1.82) is 0 Å². The number of hydrogen-bond acceptors (Lipinski definition) is 6. The quantitative estimate of drug-likeness (QED) is 0.431. The molecule has 0 aliphatic rings. The highest BCUT2D eigenvalue weighted by Gasteiger charge is 2.26. The van der Waals surface area contributed by atoms with Crippen LogP contribution in [0, 0.1) is 13.8 Å². The molecule has 0 saturated heterocycles. The van der Waals surface area contributed by atoms with Gasteiger partial charge in [-0.15, -0.1) is 0 Å². The summed E-state index contributed by atoms with van der Waals surface area (Å²) in [6.07, 6.45) is 2.11. The molecule has 1 heterocycles. The molecule has 0 radical (unpaired) electrons. The molecule has 1 atom stereocenters. The summed E-state index contributed by atoms with van der Waals surface area (Å²) in [5.41, 5.74) is 4.92. The van der Waals surface area contributed by atoms with E-state index in [1.807, 2.05) is 30.5 Å². The van der Waals surface area contributed by atoms with Crippen molar-refractivity contribution >= 4 is 44.4 Å². The Hall–Kier alpha value is -2.82. The first-order valence-corrected chi connectivity index (χ1v) is 12.8. The molecule has 0 aliphatic heterocycles. The van der Waals surface area contributed by atoms with Crippen LogP contribution in [-0.4, -0.2) is 38.3 Å². The molecule has 3 aromatic rings. The molecule has 3 N–H and O–H groups in total. The van der Waals surface area contributed by atoms with E-state index in [-0.39, 0.29) is 11.3 Å². The predicted molar refractivity (Wildman–Crippen MR) is 125 cm³/mol. The lowest BCUT2D eigenvalue weighted by Gasteiger charge is -2.18. The first-order chi connectivity index (χ1) is 15.2. The first-order valence-electron chi connectivity index (χ1n) is 9.88. The van der Waals surface area contributed by atoms with Crippen LogP contribution in [0.3, 0.4) is 0 Å². The Kier molecular flexibility index (Phi) is 7.60. The van der Waals surface area contributed by atoms with Crippen LogP contribution >= 0.6 is 11.8 Å². The summed E-state index contributed by atoms with van der Waals surface area (Å²) in [5.74, 6) is 0.334. The van der Waals surface area contributed by atoms with E-state index in [0.29, 0.717) is 22.8 Å². The number of nitrogens with one attached hydrogen (secondary N) is 3. The number of aryl methyl sites for hydroxylation is 2. The van der Waals surface area contributed by atoms with E-state index in [4.69, 9.17) is 4.42 Å². The molecule has 1 aromatic heterocycles. The first kappa shape index (κ1) is 23.8. The van der Waals surface area contributed by atoms with Gasteiger partial charge in [0, 0.05) is 0 Å². The third-order valence-electron chi connectivity index (χ3n) is 4.84. The highest BCUT2D eigenvalue weighted by atomic mass is 32.2. The van der Waals surface area contributed by atoms with Gasteiger partial charge in [-0.3, -0.25) is 20.4 Å². The van der Waals surface area contributed by atoms with Crippen molar-refractivity contribution in [2.75, 3.05) is 12.0 Å². The molecule has 0 aliphatic carbocycles. The third-order valence-corrected chi connectivity index (χ3v) is 6.95. The van der Waals surface area contributed by atoms with Crippen LogP contribution in [-0.2, 0) is 14.8 Å². The van der Waals surface area contributed by atoms with Crippen LogP contribution in [0.2, 0.25) is 0 Å². The van der Waals surface area contributed by atoms with Gasteiger partial charge in [-0.25, -0.2) is 8.42 Å². The van der Waals surface area contributed by atoms with Gasteiger partial charge >= 0.3 is 0 Å². The highest BCUT2D eigenvalue weighted by molar-refractivity contribution is 7.98. The summed E-state index contributed by atoms with van der Waals surface area (Å²) in [7, 11) is -3.97. The van der Waals surface area contributed by atoms with Crippen molar-refractivity contribution in [3.05, 3.63) is 65.6 Å². The Balaban J connectivity index is 1.73. The smallest absolute Gasteiger partial charge is 0.273 e. The number of hydrogen-bond donors (Lipinski definition) is 3. The number of furan rings is 1. The van der Waals surface area contributed by atoms with Gasteiger partial charge in [-0.05, 0) is 61.2 Å². The van der Waals surface area contributed by atoms with Crippen molar-refractivity contribution in [2.45, 2.75) is 31.2 Å². The van der Waals surface area contributed by atoms with E-state index in [9.17, 15) is 18.0 Å². The SMILES string of the molecule is CSCCC(NS(=O)(=O)c1ccc2ccccc2c1)C(=O)NNC(=O)c1cc(C)oc1C. The second-order valence-electron chi connectivity index (χ2n) is 7.23. The maximum absolute atomic E-state index is 13.0. The monoisotopic (exact) mass is 475 g/mol. The van der Waals surface area contributed by atoms with Gasteiger partial charge < -0.3 is 4.42 Å². The largest absolute Gasteiger partial charge is 0.466 e. The van der Waals surface area contributed by atoms with Crippen LogP contribution in [0.15, 0.2) is 57.8 Å². The van der Waals surface area contributed by atoms with Gasteiger partial charge in [0.2, 0.25) is 10.0 Å². The van der Waals surface area contributed by atoms with Crippen molar-refractivity contribution in [3.8, 4) is 0 Å². The molecular formula is C22H25N3O5S2. The van der Waals surface area contributed by atoms with Gasteiger partial charge in [-0.2, -0.15) is 16.5 Å². The Bertz CT molecular complexity index is 1240. The molecule has 10 heteroatoms. The minimum absolute atomic E-state index is 0.0617. The number of carbonyl (C=O) groups excluding carboxylic acids is 2. The lowest BCUT2D eigenvalue weighted by atomic mass is 10.1. The summed E-state index contributed by atoms with van der Waals surface area (Å²) < 4.78 is 33.7. The number of amides is 2. The van der Waals surface area contributed by atoms with E-state index < -0.39 is 27.9 Å². The molecule has 8 nitrogen and oxygen atoms in total. The number of fused-ring (bicyclic) bond motifs is 1. The zero-order valence-electron chi connectivity index (χ0n) is 18.0. The third kappa shape index (κ3) is 5.70. The van der Waals surface area contributed by atoms with Crippen molar-refractivity contribution in [2.24, 2.45) is 0 Å². The fraction of sp³-hybridized carbons (Fsp3) is 0.273. The molecule has 0 spiro atoms. The van der Waals surface area contributed by atoms with Crippen molar-refractivity contribution < 1.29 is 22.4 Å². The average Bonchev–Trinajstić information content (AvgIpc) is 3.12. The molecule has 2 amide bonds. The molecule has 0 fully saturated rings. The van der Waals surface area contributed by atoms with Crippen LogP contribution in [0.5, 0.6) is 0 Å². The van der Waals surface area contributed by atoms with Gasteiger partial charge in [-0.1, -0.05) is 30.3 Å². The minimum atomic E-state index is -3.97. The Labute approximate surface area is 191 Å². The topological polar surface area (TPSA) is 118 Å². The number of sulfonamides is 1. The summed E-state index contributed by atoms with van der Waals surface area (Å²) in [6.45, 7) is 3.35. The normalized spacial score (nSPS) is 12.5. The summed E-state index contributed by atoms with van der Waals surface area (Å²) >= 11 is 1.48. The Morgan fingerprint density at radius 2 is 1.75 bits per heavy atom. The lowest BCUT2D eigenvalue weighted by Crippen LogP contribution is -2.52. The van der Waals surface area contributed by atoms with E-state index >= 15 is 0 Å². The maximum Gasteiger partial charge on any atom is 0.273 e. The maximum atomic E-state index is 13.0. The Morgan fingerprint density at radius 3 is 2.41 bits per heavy atom. The number of hydrazine groups is 1. The second kappa shape index (κ2) is 10.2. The molecule has 3 rings (SSSR count). The molecule has 170 valence electrons. The predicted octanol–water partition coefficient (Wildman–Crippen LogP) is 2.91. The highest BCUT2D eigenvalue weighted by Crippen LogP contribution is 2.19. The molecule has 0 saturated carbocycles. The summed E-state index contributed by atoms with van der Waals surface area (Å²) in [5, 5.41) is 1.69. The fourth-order valence-corrected chi connectivity index (χ4v) is 4.93. The van der Waals surface area contributed by atoms with Crippen LogP contribution in [0.1, 0.15) is 28.3 Å². The van der Waals surface area contributed by atoms with Crippen LogP contribution < -0.4 is 15.6 Å². The second-order valence-corrected chi connectivity index (χ2v) is 9.93. The zero-order valence-corrected chi connectivity index (χ0v) is 19.6. The molecule has 1 unspecified atom stereocenters. The number of carbonyl (C=O) groups is 2. The van der Waals surface area contributed by atoms with Gasteiger partial charge in [0.15, 0.2) is 0 Å². The standard InChI is InChI=1S/C22H25N3O5S2/c1-14-12-19(15(2)30-14)21(26)23-24-22(27)20(10-11-31-3)25-32(28,29)18-9-8-16-6-4-5-7-17(16)13-18/h4-9,12-13,20,25H,10-11H2,1-3H3,(H,23,26)(H,24,27).